The van der Waals surface area contributed by atoms with E-state index in [1.54, 1.807) is 4.52 Å². The lowest BCUT2D eigenvalue weighted by molar-refractivity contribution is 0.718. The van der Waals surface area contributed by atoms with Gasteiger partial charge in [-0.2, -0.15) is 4.98 Å². The maximum absolute atomic E-state index is 6.10. The topological polar surface area (TPSA) is 69.1 Å². The lowest BCUT2D eigenvalue weighted by Crippen LogP contribution is -2.19. The van der Waals surface area contributed by atoms with E-state index in [1.165, 1.54) is 0 Å². The molecule has 2 aromatic heterocycles. The van der Waals surface area contributed by atoms with Crippen LogP contribution in [0.25, 0.3) is 5.78 Å². The van der Waals surface area contributed by atoms with E-state index in [4.69, 9.17) is 5.73 Å². The van der Waals surface area contributed by atoms with Gasteiger partial charge in [-0.05, 0) is 12.8 Å². The summed E-state index contributed by atoms with van der Waals surface area (Å²) in [6.45, 7) is 2.03. The van der Waals surface area contributed by atoms with Crippen molar-refractivity contribution in [2.24, 2.45) is 5.73 Å². The van der Waals surface area contributed by atoms with Crippen molar-refractivity contribution in [3.63, 3.8) is 0 Å². The Morgan fingerprint density at radius 1 is 1.53 bits per heavy atom. The third-order valence-corrected chi connectivity index (χ3v) is 2.92. The van der Waals surface area contributed by atoms with E-state index in [0.717, 1.165) is 30.7 Å². The Balaban J connectivity index is 2.13. The fourth-order valence-electron chi connectivity index (χ4n) is 1.66. The molecule has 0 aliphatic heterocycles. The van der Waals surface area contributed by atoms with Crippen molar-refractivity contribution >= 4 is 5.78 Å². The van der Waals surface area contributed by atoms with Crippen LogP contribution in [-0.4, -0.2) is 19.6 Å². The van der Waals surface area contributed by atoms with Crippen molar-refractivity contribution in [2.45, 2.75) is 31.7 Å². The van der Waals surface area contributed by atoms with Gasteiger partial charge in [-0.25, -0.2) is 9.50 Å². The molecule has 2 aromatic rings. The summed E-state index contributed by atoms with van der Waals surface area (Å²) in [4.78, 5) is 8.54. The minimum Gasteiger partial charge on any atom is -0.321 e. The Hall–Kier alpha value is -1.49. The number of aromatic nitrogens is 4. The maximum Gasteiger partial charge on any atom is 0.252 e. The Morgan fingerprint density at radius 3 is 3.00 bits per heavy atom. The number of hydrogen-bond donors (Lipinski definition) is 1. The fourth-order valence-corrected chi connectivity index (χ4v) is 1.66. The van der Waals surface area contributed by atoms with Gasteiger partial charge in [0.05, 0.1) is 0 Å². The van der Waals surface area contributed by atoms with Gasteiger partial charge in [0.15, 0.2) is 5.82 Å². The van der Waals surface area contributed by atoms with Crippen LogP contribution in [0.5, 0.6) is 0 Å². The molecule has 1 saturated carbocycles. The summed E-state index contributed by atoms with van der Waals surface area (Å²) in [7, 11) is 0. The quantitative estimate of drug-likeness (QED) is 0.777. The first-order valence-corrected chi connectivity index (χ1v) is 5.22. The normalized spacial score (nSPS) is 18.3. The highest BCUT2D eigenvalue weighted by Gasteiger charge is 2.40. The number of nitrogens with zero attached hydrogens (tertiary/aromatic N) is 4. The molecule has 2 heterocycles. The molecule has 0 radical (unpaired) electrons. The number of aryl methyl sites for hydroxylation is 1. The van der Waals surface area contributed by atoms with Crippen molar-refractivity contribution in [2.75, 3.05) is 0 Å². The Bertz CT molecular complexity index is 512. The first-order chi connectivity index (χ1) is 7.21. The van der Waals surface area contributed by atoms with Gasteiger partial charge in [-0.3, -0.25) is 0 Å². The largest absolute Gasteiger partial charge is 0.321 e. The maximum atomic E-state index is 6.10. The highest BCUT2D eigenvalue weighted by Crippen LogP contribution is 2.42. The SMILES string of the molecule is CCc1nc2ncc(C3(N)CC3)cn2n1. The van der Waals surface area contributed by atoms with Gasteiger partial charge in [0.1, 0.15) is 0 Å². The molecule has 0 saturated heterocycles. The van der Waals surface area contributed by atoms with Gasteiger partial charge >= 0.3 is 0 Å². The van der Waals surface area contributed by atoms with E-state index >= 15 is 0 Å². The van der Waals surface area contributed by atoms with E-state index < -0.39 is 0 Å². The fraction of sp³-hybridized carbons (Fsp3) is 0.500. The highest BCUT2D eigenvalue weighted by atomic mass is 15.3. The molecule has 2 N–H and O–H groups in total. The summed E-state index contributed by atoms with van der Waals surface area (Å²) in [6, 6.07) is 0. The molecule has 1 aliphatic rings. The Kier molecular flexibility index (Phi) is 1.62. The van der Waals surface area contributed by atoms with Crippen LogP contribution in [0, 0.1) is 0 Å². The first-order valence-electron chi connectivity index (χ1n) is 5.22. The second-order valence-electron chi connectivity index (χ2n) is 4.12. The second-order valence-corrected chi connectivity index (χ2v) is 4.12. The van der Waals surface area contributed by atoms with Crippen LogP contribution < -0.4 is 5.73 Å². The van der Waals surface area contributed by atoms with Crippen LogP contribution >= 0.6 is 0 Å². The molecule has 0 aromatic carbocycles. The minimum atomic E-state index is -0.153. The zero-order chi connectivity index (χ0) is 10.5. The van der Waals surface area contributed by atoms with Crippen molar-refractivity contribution < 1.29 is 0 Å². The number of hydrogen-bond acceptors (Lipinski definition) is 4. The molecule has 1 aliphatic carbocycles. The summed E-state index contributed by atoms with van der Waals surface area (Å²) in [5.41, 5.74) is 7.00. The van der Waals surface area contributed by atoms with E-state index in [0.29, 0.717) is 5.78 Å². The molecule has 15 heavy (non-hydrogen) atoms. The van der Waals surface area contributed by atoms with Gasteiger partial charge in [0.25, 0.3) is 5.78 Å². The summed E-state index contributed by atoms with van der Waals surface area (Å²) in [5.74, 6) is 1.47. The van der Waals surface area contributed by atoms with Gasteiger partial charge in [0, 0.05) is 29.9 Å². The van der Waals surface area contributed by atoms with E-state index in [1.807, 2.05) is 19.3 Å². The number of rotatable bonds is 2. The van der Waals surface area contributed by atoms with Crippen LogP contribution in [-0.2, 0) is 12.0 Å². The molecule has 0 unspecified atom stereocenters. The molecule has 5 nitrogen and oxygen atoms in total. The molecule has 5 heteroatoms. The first kappa shape index (κ1) is 8.79. The third kappa shape index (κ3) is 1.31. The second kappa shape index (κ2) is 2.76. The van der Waals surface area contributed by atoms with Crippen molar-refractivity contribution in [3.8, 4) is 0 Å². The van der Waals surface area contributed by atoms with Gasteiger partial charge in [-0.1, -0.05) is 6.92 Å². The van der Waals surface area contributed by atoms with Crippen molar-refractivity contribution in [3.05, 3.63) is 23.8 Å². The third-order valence-electron chi connectivity index (χ3n) is 2.92. The predicted octanol–water partition coefficient (Wildman–Crippen LogP) is 0.634. The van der Waals surface area contributed by atoms with Crippen LogP contribution in [0.1, 0.15) is 31.2 Å². The number of nitrogens with two attached hydrogens (primary N) is 1. The predicted molar refractivity (Wildman–Crippen MR) is 55.3 cm³/mol. The molecule has 0 atom stereocenters. The lowest BCUT2D eigenvalue weighted by Gasteiger charge is -2.07. The standard InChI is InChI=1S/C10H13N5/c1-2-8-13-9-12-5-7(6-15(9)14-8)10(11)3-4-10/h5-6H,2-4,11H2,1H3. The van der Waals surface area contributed by atoms with Crippen molar-refractivity contribution in [1.29, 1.82) is 0 Å². The van der Waals surface area contributed by atoms with Gasteiger partial charge in [-0.15, -0.1) is 5.10 Å². The molecule has 1 fully saturated rings. The average molecular weight is 203 g/mol. The Morgan fingerprint density at radius 2 is 2.33 bits per heavy atom. The molecule has 0 spiro atoms. The summed E-state index contributed by atoms with van der Waals surface area (Å²) in [5, 5.41) is 4.32. The van der Waals surface area contributed by atoms with E-state index in [-0.39, 0.29) is 5.54 Å². The molecule has 78 valence electrons. The van der Waals surface area contributed by atoms with Crippen LogP contribution in [0.3, 0.4) is 0 Å². The van der Waals surface area contributed by atoms with Crippen LogP contribution in [0.15, 0.2) is 12.4 Å². The molecule has 0 amide bonds. The Labute approximate surface area is 87.3 Å². The van der Waals surface area contributed by atoms with E-state index in [9.17, 15) is 0 Å². The molecule has 0 bridgehead atoms. The smallest absolute Gasteiger partial charge is 0.252 e. The van der Waals surface area contributed by atoms with Crippen LogP contribution in [0.2, 0.25) is 0 Å². The highest BCUT2D eigenvalue weighted by molar-refractivity contribution is 5.32. The molecule has 3 rings (SSSR count). The van der Waals surface area contributed by atoms with Crippen molar-refractivity contribution in [1.82, 2.24) is 19.6 Å². The zero-order valence-corrected chi connectivity index (χ0v) is 8.64. The van der Waals surface area contributed by atoms with Crippen LogP contribution in [0.4, 0.5) is 0 Å². The summed E-state index contributed by atoms with van der Waals surface area (Å²) >= 11 is 0. The average Bonchev–Trinajstić information content (AvgIpc) is 2.86. The summed E-state index contributed by atoms with van der Waals surface area (Å²) < 4.78 is 1.72. The van der Waals surface area contributed by atoms with Gasteiger partial charge in [0.2, 0.25) is 0 Å². The zero-order valence-electron chi connectivity index (χ0n) is 8.64. The minimum absolute atomic E-state index is 0.153. The summed E-state index contributed by atoms with van der Waals surface area (Å²) in [6.07, 6.45) is 6.66. The van der Waals surface area contributed by atoms with Gasteiger partial charge < -0.3 is 5.73 Å². The van der Waals surface area contributed by atoms with E-state index in [2.05, 4.69) is 15.1 Å². The molecular formula is C10H13N5. The lowest BCUT2D eigenvalue weighted by atomic mass is 10.1. The monoisotopic (exact) mass is 203 g/mol. The number of fused-ring (bicyclic) bond motifs is 1. The molecular weight excluding hydrogens is 190 g/mol.